The fourth-order valence-corrected chi connectivity index (χ4v) is 3.33. The molecule has 106 valence electrons. The third-order valence-corrected chi connectivity index (χ3v) is 4.21. The predicted octanol–water partition coefficient (Wildman–Crippen LogP) is 4.37. The van der Waals surface area contributed by atoms with Crippen molar-refractivity contribution in [2.75, 3.05) is 13.2 Å². The van der Waals surface area contributed by atoms with E-state index in [2.05, 4.69) is 45.9 Å². The summed E-state index contributed by atoms with van der Waals surface area (Å²) >= 11 is 0. The van der Waals surface area contributed by atoms with E-state index in [-0.39, 0.29) is 0 Å². The second kappa shape index (κ2) is 6.51. The molecule has 0 aromatic carbocycles. The van der Waals surface area contributed by atoms with E-state index in [4.69, 9.17) is 9.72 Å². The van der Waals surface area contributed by atoms with Crippen molar-refractivity contribution in [2.45, 2.75) is 52.4 Å². The van der Waals surface area contributed by atoms with Crippen LogP contribution in [0.5, 0.6) is 0 Å². The Morgan fingerprint density at radius 3 is 2.26 bits per heavy atom. The molecule has 1 fully saturated rings. The molecule has 0 N–H and O–H groups in total. The Morgan fingerprint density at radius 1 is 1.05 bits per heavy atom. The van der Waals surface area contributed by atoms with Gasteiger partial charge in [-0.1, -0.05) is 33.8 Å². The van der Waals surface area contributed by atoms with Gasteiger partial charge < -0.3 is 4.74 Å². The summed E-state index contributed by atoms with van der Waals surface area (Å²) in [6.45, 7) is 11.0. The second-order valence-corrected chi connectivity index (χ2v) is 6.39. The van der Waals surface area contributed by atoms with Crippen LogP contribution in [0.25, 0.3) is 0 Å². The first-order valence-corrected chi connectivity index (χ1v) is 7.64. The average molecular weight is 261 g/mol. The Bertz CT molecular complexity index is 386. The van der Waals surface area contributed by atoms with Crippen molar-refractivity contribution in [1.82, 2.24) is 4.98 Å². The molecule has 19 heavy (non-hydrogen) atoms. The zero-order valence-electron chi connectivity index (χ0n) is 12.7. The van der Waals surface area contributed by atoms with Crippen molar-refractivity contribution in [1.29, 1.82) is 0 Å². The van der Waals surface area contributed by atoms with Crippen LogP contribution in [0.15, 0.2) is 18.2 Å². The minimum Gasteiger partial charge on any atom is -0.381 e. The van der Waals surface area contributed by atoms with Crippen molar-refractivity contribution < 1.29 is 4.74 Å². The Hall–Kier alpha value is -0.890. The minimum absolute atomic E-state index is 0.555. The number of hydrogen-bond donors (Lipinski definition) is 0. The summed E-state index contributed by atoms with van der Waals surface area (Å²) in [6, 6.07) is 6.58. The van der Waals surface area contributed by atoms with Crippen LogP contribution in [0, 0.1) is 11.8 Å². The van der Waals surface area contributed by atoms with E-state index in [1.165, 1.54) is 11.4 Å². The maximum Gasteiger partial charge on any atom is 0.0472 e. The van der Waals surface area contributed by atoms with E-state index < -0.39 is 0 Å². The van der Waals surface area contributed by atoms with Gasteiger partial charge in [-0.3, -0.25) is 4.98 Å². The zero-order chi connectivity index (χ0) is 13.8. The first-order chi connectivity index (χ1) is 9.09. The molecule has 0 spiro atoms. The van der Waals surface area contributed by atoms with Gasteiger partial charge in [-0.15, -0.1) is 0 Å². The van der Waals surface area contributed by atoms with Crippen LogP contribution < -0.4 is 0 Å². The van der Waals surface area contributed by atoms with E-state index in [1.54, 1.807) is 0 Å². The van der Waals surface area contributed by atoms with E-state index in [1.807, 2.05) is 0 Å². The minimum atomic E-state index is 0.555. The lowest BCUT2D eigenvalue weighted by molar-refractivity contribution is 0.0844. The SMILES string of the molecule is CC(C)C(c1cccc(C2CCOCC2)n1)C(C)C. The summed E-state index contributed by atoms with van der Waals surface area (Å²) in [4.78, 5) is 4.98. The van der Waals surface area contributed by atoms with Crippen molar-refractivity contribution >= 4 is 0 Å². The molecular formula is C17H27NO. The van der Waals surface area contributed by atoms with E-state index in [0.29, 0.717) is 23.7 Å². The molecule has 2 heteroatoms. The van der Waals surface area contributed by atoms with Gasteiger partial charge in [0.25, 0.3) is 0 Å². The Labute approximate surface area is 117 Å². The quantitative estimate of drug-likeness (QED) is 0.803. The molecule has 0 aliphatic carbocycles. The molecule has 0 atom stereocenters. The van der Waals surface area contributed by atoms with Crippen molar-refractivity contribution in [3.05, 3.63) is 29.6 Å². The van der Waals surface area contributed by atoms with Crippen LogP contribution in [0.4, 0.5) is 0 Å². The van der Waals surface area contributed by atoms with Gasteiger partial charge in [0.05, 0.1) is 0 Å². The van der Waals surface area contributed by atoms with Crippen molar-refractivity contribution in [2.24, 2.45) is 11.8 Å². The highest BCUT2D eigenvalue weighted by atomic mass is 16.5. The van der Waals surface area contributed by atoms with Crippen LogP contribution in [-0.2, 0) is 4.74 Å². The first kappa shape index (κ1) is 14.5. The molecule has 1 aromatic heterocycles. The topological polar surface area (TPSA) is 22.1 Å². The number of pyridine rings is 1. The highest BCUT2D eigenvalue weighted by Gasteiger charge is 2.23. The van der Waals surface area contributed by atoms with Crippen molar-refractivity contribution in [3.63, 3.8) is 0 Å². The summed E-state index contributed by atoms with van der Waals surface area (Å²) in [5.41, 5.74) is 2.54. The zero-order valence-corrected chi connectivity index (χ0v) is 12.7. The predicted molar refractivity (Wildman–Crippen MR) is 79.4 cm³/mol. The van der Waals surface area contributed by atoms with E-state index >= 15 is 0 Å². The first-order valence-electron chi connectivity index (χ1n) is 7.64. The lowest BCUT2D eigenvalue weighted by Gasteiger charge is -2.26. The average Bonchev–Trinajstić information content (AvgIpc) is 2.39. The molecule has 0 radical (unpaired) electrons. The summed E-state index contributed by atoms with van der Waals surface area (Å²) in [6.07, 6.45) is 2.23. The lowest BCUT2D eigenvalue weighted by atomic mass is 9.82. The number of rotatable bonds is 4. The second-order valence-electron chi connectivity index (χ2n) is 6.39. The van der Waals surface area contributed by atoms with Gasteiger partial charge in [0.15, 0.2) is 0 Å². The molecule has 1 saturated heterocycles. The van der Waals surface area contributed by atoms with Crippen LogP contribution in [0.2, 0.25) is 0 Å². The summed E-state index contributed by atoms with van der Waals surface area (Å²) in [5, 5.41) is 0. The number of hydrogen-bond acceptors (Lipinski definition) is 2. The molecular weight excluding hydrogens is 234 g/mol. The van der Waals surface area contributed by atoms with E-state index in [9.17, 15) is 0 Å². The molecule has 1 aliphatic rings. The van der Waals surface area contributed by atoms with Crippen LogP contribution in [0.3, 0.4) is 0 Å². The highest BCUT2D eigenvalue weighted by Crippen LogP contribution is 2.32. The van der Waals surface area contributed by atoms with Gasteiger partial charge in [-0.25, -0.2) is 0 Å². The molecule has 2 nitrogen and oxygen atoms in total. The monoisotopic (exact) mass is 261 g/mol. The van der Waals surface area contributed by atoms with E-state index in [0.717, 1.165) is 26.1 Å². The Kier molecular flexibility index (Phi) is 4.98. The van der Waals surface area contributed by atoms with Gasteiger partial charge in [0, 0.05) is 36.4 Å². The Morgan fingerprint density at radius 2 is 1.68 bits per heavy atom. The fourth-order valence-electron chi connectivity index (χ4n) is 3.33. The molecule has 1 aromatic rings. The molecule has 2 rings (SSSR count). The molecule has 0 bridgehead atoms. The molecule has 2 heterocycles. The Balaban J connectivity index is 2.22. The third-order valence-electron chi connectivity index (χ3n) is 4.21. The highest BCUT2D eigenvalue weighted by molar-refractivity contribution is 5.19. The molecule has 0 amide bonds. The summed E-state index contributed by atoms with van der Waals surface area (Å²) < 4.78 is 5.45. The van der Waals surface area contributed by atoms with Gasteiger partial charge in [-0.2, -0.15) is 0 Å². The lowest BCUT2D eigenvalue weighted by Crippen LogP contribution is -2.18. The van der Waals surface area contributed by atoms with Gasteiger partial charge in [0.2, 0.25) is 0 Å². The maximum absolute atomic E-state index is 5.45. The van der Waals surface area contributed by atoms with Gasteiger partial charge in [0.1, 0.15) is 0 Å². The smallest absolute Gasteiger partial charge is 0.0472 e. The third kappa shape index (κ3) is 3.56. The molecule has 0 unspecified atom stereocenters. The largest absolute Gasteiger partial charge is 0.381 e. The number of ether oxygens (including phenoxy) is 1. The summed E-state index contributed by atoms with van der Waals surface area (Å²) in [5.74, 6) is 2.42. The van der Waals surface area contributed by atoms with Gasteiger partial charge >= 0.3 is 0 Å². The normalized spacial score (nSPS) is 17.6. The number of nitrogens with zero attached hydrogens (tertiary/aromatic N) is 1. The maximum atomic E-state index is 5.45. The molecule has 1 aliphatic heterocycles. The van der Waals surface area contributed by atoms with Crippen LogP contribution in [-0.4, -0.2) is 18.2 Å². The van der Waals surface area contributed by atoms with Crippen LogP contribution >= 0.6 is 0 Å². The van der Waals surface area contributed by atoms with Crippen molar-refractivity contribution in [3.8, 4) is 0 Å². The standard InChI is InChI=1S/C17H27NO/c1-12(2)17(13(3)4)16-7-5-6-15(18-16)14-8-10-19-11-9-14/h5-7,12-14,17H,8-11H2,1-4H3. The number of aromatic nitrogens is 1. The van der Waals surface area contributed by atoms with Gasteiger partial charge in [-0.05, 0) is 36.8 Å². The fraction of sp³-hybridized carbons (Fsp3) is 0.706. The summed E-state index contributed by atoms with van der Waals surface area (Å²) in [7, 11) is 0. The van der Waals surface area contributed by atoms with Crippen LogP contribution in [0.1, 0.15) is 63.8 Å². The molecule has 0 saturated carbocycles.